The summed E-state index contributed by atoms with van der Waals surface area (Å²) >= 11 is 0. The molecule has 1 unspecified atom stereocenters. The van der Waals surface area contributed by atoms with E-state index < -0.39 is 17.3 Å². The van der Waals surface area contributed by atoms with Gasteiger partial charge in [0.2, 0.25) is 11.8 Å². The highest BCUT2D eigenvalue weighted by molar-refractivity contribution is 5.94. The van der Waals surface area contributed by atoms with Crippen molar-refractivity contribution in [2.45, 2.75) is 40.7 Å². The molecule has 1 aliphatic heterocycles. The summed E-state index contributed by atoms with van der Waals surface area (Å²) in [6.45, 7) is 10.3. The lowest BCUT2D eigenvalue weighted by Gasteiger charge is -2.37. The molecule has 0 saturated carbocycles. The predicted molar refractivity (Wildman–Crippen MR) is 102 cm³/mol. The van der Waals surface area contributed by atoms with Crippen molar-refractivity contribution in [3.8, 4) is 0 Å². The number of carbonyl (C=O) groups is 3. The van der Waals surface area contributed by atoms with E-state index in [-0.39, 0.29) is 17.6 Å². The number of carbonyl (C=O) groups excluding carboxylic acids is 3. The number of benzene rings is 1. The SMILES string of the molecule is CC(=O)c1ccc(N2CCN(C(=O)C(C)NC(=O)C(C)(C)C)CC2)c(F)c1. The van der Waals surface area contributed by atoms with Crippen LogP contribution in [0.25, 0.3) is 0 Å². The van der Waals surface area contributed by atoms with E-state index >= 15 is 0 Å². The number of hydrogen-bond acceptors (Lipinski definition) is 4. The fourth-order valence-electron chi connectivity index (χ4n) is 2.90. The van der Waals surface area contributed by atoms with Gasteiger partial charge in [-0.25, -0.2) is 4.39 Å². The molecule has 0 aromatic heterocycles. The van der Waals surface area contributed by atoms with Crippen LogP contribution in [-0.2, 0) is 9.59 Å². The Bertz CT molecular complexity index is 734. The van der Waals surface area contributed by atoms with Crippen LogP contribution in [0, 0.1) is 11.2 Å². The lowest BCUT2D eigenvalue weighted by molar-refractivity contribution is -0.138. The van der Waals surface area contributed by atoms with E-state index in [1.165, 1.54) is 13.0 Å². The number of piperazine rings is 1. The first-order valence-corrected chi connectivity index (χ1v) is 9.16. The molecule has 1 aromatic rings. The van der Waals surface area contributed by atoms with Crippen LogP contribution in [0.1, 0.15) is 45.0 Å². The molecule has 1 saturated heterocycles. The minimum absolute atomic E-state index is 0.139. The molecule has 1 N–H and O–H groups in total. The standard InChI is InChI=1S/C20H28FN3O3/c1-13(22-19(27)20(3,4)5)18(26)24-10-8-23(9-11-24)17-7-6-15(14(2)25)12-16(17)21/h6-7,12-13H,8-11H2,1-5H3,(H,22,27). The number of hydrogen-bond donors (Lipinski definition) is 1. The largest absolute Gasteiger partial charge is 0.366 e. The average Bonchev–Trinajstić information content (AvgIpc) is 2.60. The molecular weight excluding hydrogens is 349 g/mol. The monoisotopic (exact) mass is 377 g/mol. The minimum Gasteiger partial charge on any atom is -0.366 e. The number of Topliss-reactive ketones (excluding diaryl/α,β-unsaturated/α-hetero) is 1. The molecule has 1 atom stereocenters. The predicted octanol–water partition coefficient (Wildman–Crippen LogP) is 2.23. The average molecular weight is 377 g/mol. The first-order chi connectivity index (χ1) is 12.5. The number of nitrogens with one attached hydrogen (secondary N) is 1. The molecule has 2 rings (SSSR count). The molecule has 27 heavy (non-hydrogen) atoms. The molecule has 1 fully saturated rings. The van der Waals surface area contributed by atoms with Crippen molar-refractivity contribution in [2.24, 2.45) is 5.41 Å². The summed E-state index contributed by atoms with van der Waals surface area (Å²) in [5, 5.41) is 2.75. The maximum absolute atomic E-state index is 14.3. The zero-order valence-corrected chi connectivity index (χ0v) is 16.6. The lowest BCUT2D eigenvalue weighted by Crippen LogP contribution is -2.55. The molecule has 7 heteroatoms. The topological polar surface area (TPSA) is 69.7 Å². The van der Waals surface area contributed by atoms with Crippen LogP contribution in [0.3, 0.4) is 0 Å². The molecule has 0 bridgehead atoms. The highest BCUT2D eigenvalue weighted by Gasteiger charge is 2.29. The Labute approximate surface area is 159 Å². The second-order valence-electron chi connectivity index (χ2n) is 7.98. The summed E-state index contributed by atoms with van der Waals surface area (Å²) < 4.78 is 14.3. The molecule has 0 spiro atoms. The van der Waals surface area contributed by atoms with Crippen LogP contribution in [0.2, 0.25) is 0 Å². The van der Waals surface area contributed by atoms with Crippen LogP contribution in [0.15, 0.2) is 18.2 Å². The van der Waals surface area contributed by atoms with E-state index in [9.17, 15) is 18.8 Å². The third-order valence-electron chi connectivity index (χ3n) is 4.69. The Morgan fingerprint density at radius 2 is 1.70 bits per heavy atom. The fraction of sp³-hybridized carbons (Fsp3) is 0.550. The van der Waals surface area contributed by atoms with Crippen molar-refractivity contribution < 1.29 is 18.8 Å². The van der Waals surface area contributed by atoms with Crippen molar-refractivity contribution >= 4 is 23.3 Å². The third-order valence-corrected chi connectivity index (χ3v) is 4.69. The summed E-state index contributed by atoms with van der Waals surface area (Å²) in [4.78, 5) is 39.5. The number of nitrogens with zero attached hydrogens (tertiary/aromatic N) is 2. The Morgan fingerprint density at radius 3 is 2.19 bits per heavy atom. The van der Waals surface area contributed by atoms with Crippen LogP contribution in [0.5, 0.6) is 0 Å². The summed E-state index contributed by atoms with van der Waals surface area (Å²) in [5.41, 5.74) is 0.214. The molecular formula is C20H28FN3O3. The van der Waals surface area contributed by atoms with E-state index in [4.69, 9.17) is 0 Å². The highest BCUT2D eigenvalue weighted by Crippen LogP contribution is 2.22. The molecule has 2 amide bonds. The van der Waals surface area contributed by atoms with Gasteiger partial charge in [-0.2, -0.15) is 0 Å². The van der Waals surface area contributed by atoms with Gasteiger partial charge in [0, 0.05) is 37.2 Å². The zero-order chi connectivity index (χ0) is 20.4. The van der Waals surface area contributed by atoms with E-state index in [0.29, 0.717) is 37.4 Å². The first-order valence-electron chi connectivity index (χ1n) is 9.16. The molecule has 1 heterocycles. The molecule has 1 aromatic carbocycles. The Hall–Kier alpha value is -2.44. The van der Waals surface area contributed by atoms with E-state index in [1.54, 1.807) is 44.7 Å². The van der Waals surface area contributed by atoms with Gasteiger partial charge in [-0.1, -0.05) is 20.8 Å². The fourth-order valence-corrected chi connectivity index (χ4v) is 2.90. The highest BCUT2D eigenvalue weighted by atomic mass is 19.1. The van der Waals surface area contributed by atoms with Crippen LogP contribution in [0.4, 0.5) is 10.1 Å². The van der Waals surface area contributed by atoms with Gasteiger partial charge in [-0.05, 0) is 32.0 Å². The number of anilines is 1. The van der Waals surface area contributed by atoms with Gasteiger partial charge in [-0.3, -0.25) is 14.4 Å². The minimum atomic E-state index is -0.602. The third kappa shape index (κ3) is 5.05. The normalized spacial score (nSPS) is 16.1. The molecule has 0 radical (unpaired) electrons. The quantitative estimate of drug-likeness (QED) is 0.817. The van der Waals surface area contributed by atoms with E-state index in [1.807, 2.05) is 4.90 Å². The van der Waals surface area contributed by atoms with Gasteiger partial charge in [-0.15, -0.1) is 0 Å². The van der Waals surface area contributed by atoms with E-state index in [0.717, 1.165) is 0 Å². The Balaban J connectivity index is 1.96. The molecule has 6 nitrogen and oxygen atoms in total. The smallest absolute Gasteiger partial charge is 0.244 e. The van der Waals surface area contributed by atoms with Gasteiger partial charge in [0.1, 0.15) is 11.9 Å². The van der Waals surface area contributed by atoms with Crippen molar-refractivity contribution in [3.63, 3.8) is 0 Å². The Kier molecular flexibility index (Phi) is 6.23. The zero-order valence-electron chi connectivity index (χ0n) is 16.6. The maximum atomic E-state index is 14.3. The summed E-state index contributed by atoms with van der Waals surface area (Å²) in [6, 6.07) is 3.87. The van der Waals surface area contributed by atoms with Gasteiger partial charge >= 0.3 is 0 Å². The summed E-state index contributed by atoms with van der Waals surface area (Å²) in [6.07, 6.45) is 0. The summed E-state index contributed by atoms with van der Waals surface area (Å²) in [5.74, 6) is -0.926. The van der Waals surface area contributed by atoms with Crippen molar-refractivity contribution in [1.82, 2.24) is 10.2 Å². The number of ketones is 1. The molecule has 0 aliphatic carbocycles. The first kappa shape index (κ1) is 20.9. The number of halogens is 1. The van der Waals surface area contributed by atoms with Crippen molar-refractivity contribution in [3.05, 3.63) is 29.6 Å². The van der Waals surface area contributed by atoms with Crippen LogP contribution in [-0.4, -0.2) is 54.7 Å². The Morgan fingerprint density at radius 1 is 1.11 bits per heavy atom. The number of amides is 2. The van der Waals surface area contributed by atoms with Gasteiger partial charge in [0.15, 0.2) is 5.78 Å². The van der Waals surface area contributed by atoms with Crippen molar-refractivity contribution in [2.75, 3.05) is 31.1 Å². The molecule has 148 valence electrons. The van der Waals surface area contributed by atoms with Gasteiger partial charge in [0.05, 0.1) is 5.69 Å². The van der Waals surface area contributed by atoms with Crippen molar-refractivity contribution in [1.29, 1.82) is 0 Å². The van der Waals surface area contributed by atoms with Crippen LogP contribution >= 0.6 is 0 Å². The molecule has 1 aliphatic rings. The van der Waals surface area contributed by atoms with E-state index in [2.05, 4.69) is 5.32 Å². The van der Waals surface area contributed by atoms with Gasteiger partial charge in [0.25, 0.3) is 0 Å². The lowest BCUT2D eigenvalue weighted by atomic mass is 9.95. The second-order valence-corrected chi connectivity index (χ2v) is 7.98. The second kappa shape index (κ2) is 8.06. The maximum Gasteiger partial charge on any atom is 0.244 e. The van der Waals surface area contributed by atoms with Gasteiger partial charge < -0.3 is 15.1 Å². The summed E-state index contributed by atoms with van der Waals surface area (Å²) in [7, 11) is 0. The van der Waals surface area contributed by atoms with Crippen LogP contribution < -0.4 is 10.2 Å². The number of rotatable bonds is 4.